The van der Waals surface area contributed by atoms with Gasteiger partial charge in [0, 0.05) is 0 Å². The zero-order valence-electron chi connectivity index (χ0n) is 10.4. The van der Waals surface area contributed by atoms with E-state index in [1.54, 1.807) is 6.08 Å². The highest BCUT2D eigenvalue weighted by Gasteiger charge is 2.05. The molecule has 1 aromatic carbocycles. The summed E-state index contributed by atoms with van der Waals surface area (Å²) >= 11 is 0. The molecule has 0 N–H and O–H groups in total. The lowest BCUT2D eigenvalue weighted by atomic mass is 10.2. The lowest BCUT2D eigenvalue weighted by Gasteiger charge is -2.17. The Balaban J connectivity index is 2.54. The molecule has 1 aromatic rings. The van der Waals surface area contributed by atoms with Gasteiger partial charge in [-0.25, -0.2) is 0 Å². The van der Waals surface area contributed by atoms with Crippen LogP contribution < -0.4 is 4.74 Å². The monoisotopic (exact) mass is 207 g/mol. The van der Waals surface area contributed by atoms with Crippen molar-refractivity contribution >= 4 is 6.08 Å². The van der Waals surface area contributed by atoms with Crippen LogP contribution in [0.25, 0.3) is 6.08 Å². The van der Waals surface area contributed by atoms with Crippen LogP contribution in [0.15, 0.2) is 30.8 Å². The van der Waals surface area contributed by atoms with Crippen molar-refractivity contribution in [1.82, 2.24) is 0 Å². The van der Waals surface area contributed by atoms with E-state index in [1.165, 1.54) is 6.55 Å². The molecule has 0 fully saturated rings. The van der Waals surface area contributed by atoms with Crippen LogP contribution >= 0.6 is 0 Å². The van der Waals surface area contributed by atoms with Gasteiger partial charge in [-0.1, -0.05) is 24.8 Å². The normalized spacial score (nSPS) is 14.3. The molecule has 0 spiro atoms. The fraction of sp³-hybridized carbons (Fsp3) is 0.385. The lowest BCUT2D eigenvalue weighted by Crippen LogP contribution is -2.20. The van der Waals surface area contributed by atoms with E-state index in [0.29, 0.717) is 0 Å². The largest absolute Gasteiger partial charge is 0.465 e. The topological polar surface area (TPSA) is 18.5 Å². The van der Waals surface area contributed by atoms with E-state index in [-0.39, 0.29) is 12.4 Å². The molecule has 2 heteroatoms. The highest BCUT2D eigenvalue weighted by atomic mass is 16.7. The first-order chi connectivity index (χ1) is 7.61. The summed E-state index contributed by atoms with van der Waals surface area (Å²) in [7, 11) is 0. The second-order valence-corrected chi connectivity index (χ2v) is 3.61. The number of hydrogen-bond acceptors (Lipinski definition) is 2. The first-order valence-electron chi connectivity index (χ1n) is 5.66. The summed E-state index contributed by atoms with van der Waals surface area (Å²) in [6, 6.07) is 7.55. The van der Waals surface area contributed by atoms with Crippen molar-refractivity contribution in [2.24, 2.45) is 0 Å². The molecule has 0 saturated heterocycles. The standard InChI is InChI=1S/C13H18O2/c1-5-12-6-8-13(9-7-12)15-11(4)14-10(2)3/h5-11H,1H2,2-4H3/i1D. The van der Waals surface area contributed by atoms with Crippen LogP contribution in [0.2, 0.25) is 0 Å². The molecule has 0 saturated carbocycles. The van der Waals surface area contributed by atoms with Gasteiger partial charge in [-0.05, 0) is 38.5 Å². The van der Waals surface area contributed by atoms with Gasteiger partial charge >= 0.3 is 0 Å². The number of rotatable bonds is 5. The number of benzene rings is 1. The predicted octanol–water partition coefficient (Wildman–Crippen LogP) is 3.48. The summed E-state index contributed by atoms with van der Waals surface area (Å²) in [5, 5.41) is 0. The molecule has 1 rings (SSSR count). The van der Waals surface area contributed by atoms with Crippen molar-refractivity contribution in [3.05, 3.63) is 36.4 Å². The van der Waals surface area contributed by atoms with Gasteiger partial charge < -0.3 is 9.47 Å². The van der Waals surface area contributed by atoms with Crippen molar-refractivity contribution < 1.29 is 10.8 Å². The van der Waals surface area contributed by atoms with Gasteiger partial charge in [0.25, 0.3) is 0 Å². The summed E-state index contributed by atoms with van der Waals surface area (Å²) in [5.41, 5.74) is 0.986. The molecule has 82 valence electrons. The second-order valence-electron chi connectivity index (χ2n) is 3.61. The fourth-order valence-electron chi connectivity index (χ4n) is 1.26. The third kappa shape index (κ3) is 4.17. The van der Waals surface area contributed by atoms with Crippen molar-refractivity contribution in [2.75, 3.05) is 0 Å². The zero-order chi connectivity index (χ0) is 12.0. The average Bonchev–Trinajstić information content (AvgIpc) is 2.20. The van der Waals surface area contributed by atoms with Gasteiger partial charge in [0.15, 0.2) is 6.29 Å². The molecule has 0 heterocycles. The van der Waals surface area contributed by atoms with Crippen molar-refractivity contribution in [3.8, 4) is 5.75 Å². The highest BCUT2D eigenvalue weighted by molar-refractivity contribution is 5.48. The Morgan fingerprint density at radius 3 is 2.47 bits per heavy atom. The third-order valence-corrected chi connectivity index (χ3v) is 1.84. The quantitative estimate of drug-likeness (QED) is 0.688. The molecule has 1 unspecified atom stereocenters. The molecular weight excluding hydrogens is 188 g/mol. The van der Waals surface area contributed by atoms with E-state index in [0.717, 1.165) is 11.3 Å². The molecular formula is C13H18O2. The maximum absolute atomic E-state index is 6.95. The van der Waals surface area contributed by atoms with Gasteiger partial charge in [-0.15, -0.1) is 0 Å². The molecule has 0 aromatic heterocycles. The minimum atomic E-state index is -0.252. The maximum atomic E-state index is 6.95. The third-order valence-electron chi connectivity index (χ3n) is 1.84. The van der Waals surface area contributed by atoms with Crippen LogP contribution in [0, 0.1) is 0 Å². The van der Waals surface area contributed by atoms with E-state index in [4.69, 9.17) is 10.8 Å². The van der Waals surface area contributed by atoms with Gasteiger partial charge in [0.2, 0.25) is 0 Å². The van der Waals surface area contributed by atoms with E-state index in [1.807, 2.05) is 45.0 Å². The fourth-order valence-corrected chi connectivity index (χ4v) is 1.26. The first-order valence-corrected chi connectivity index (χ1v) is 5.09. The molecule has 0 aliphatic rings. The van der Waals surface area contributed by atoms with E-state index < -0.39 is 0 Å². The Labute approximate surface area is 92.9 Å². The van der Waals surface area contributed by atoms with Crippen LogP contribution in [-0.2, 0) is 4.74 Å². The molecule has 15 heavy (non-hydrogen) atoms. The lowest BCUT2D eigenvalue weighted by molar-refractivity contribution is -0.0950. The summed E-state index contributed by atoms with van der Waals surface area (Å²) in [6.07, 6.45) is 1.62. The zero-order valence-corrected chi connectivity index (χ0v) is 9.44. The summed E-state index contributed by atoms with van der Waals surface area (Å²) in [6.45, 7) is 7.09. The Morgan fingerprint density at radius 2 is 1.93 bits per heavy atom. The molecule has 0 aliphatic carbocycles. The van der Waals surface area contributed by atoms with E-state index in [9.17, 15) is 0 Å². The van der Waals surface area contributed by atoms with Crippen LogP contribution in [0.4, 0.5) is 0 Å². The number of ether oxygens (including phenoxy) is 2. The molecule has 2 nitrogen and oxygen atoms in total. The molecule has 0 bridgehead atoms. The van der Waals surface area contributed by atoms with E-state index >= 15 is 0 Å². The van der Waals surface area contributed by atoms with Crippen LogP contribution in [0.5, 0.6) is 5.75 Å². The van der Waals surface area contributed by atoms with Crippen LogP contribution in [0.3, 0.4) is 0 Å². The van der Waals surface area contributed by atoms with Gasteiger partial charge in [-0.3, -0.25) is 0 Å². The first kappa shape index (κ1) is 10.2. The molecule has 0 aliphatic heterocycles. The average molecular weight is 207 g/mol. The van der Waals surface area contributed by atoms with E-state index in [2.05, 4.69) is 0 Å². The Kier molecular flexibility index (Phi) is 3.80. The molecule has 1 atom stereocenters. The number of hydrogen-bond donors (Lipinski definition) is 0. The van der Waals surface area contributed by atoms with Crippen molar-refractivity contribution in [3.63, 3.8) is 0 Å². The van der Waals surface area contributed by atoms with Crippen molar-refractivity contribution in [2.45, 2.75) is 33.2 Å². The smallest absolute Gasteiger partial charge is 0.197 e. The van der Waals surface area contributed by atoms with Gasteiger partial charge in [0.1, 0.15) is 5.75 Å². The summed E-state index contributed by atoms with van der Waals surface area (Å²) < 4.78 is 18.0. The van der Waals surface area contributed by atoms with Gasteiger partial charge in [-0.2, -0.15) is 0 Å². The minimum Gasteiger partial charge on any atom is -0.465 e. The van der Waals surface area contributed by atoms with Crippen molar-refractivity contribution in [1.29, 1.82) is 0 Å². The predicted molar refractivity (Wildman–Crippen MR) is 62.8 cm³/mol. The highest BCUT2D eigenvalue weighted by Crippen LogP contribution is 2.15. The minimum absolute atomic E-state index is 0.153. The summed E-state index contributed by atoms with van der Waals surface area (Å²) in [4.78, 5) is 0. The van der Waals surface area contributed by atoms with Gasteiger partial charge in [0.05, 0.1) is 7.47 Å². The van der Waals surface area contributed by atoms with Crippen LogP contribution in [0.1, 0.15) is 27.7 Å². The molecule has 0 radical (unpaired) electrons. The Morgan fingerprint density at radius 1 is 1.27 bits per heavy atom. The second kappa shape index (κ2) is 5.56. The Hall–Kier alpha value is -1.28. The Bertz CT molecular complexity index is 330. The SMILES string of the molecule is [2H]C=Cc1ccc(OC(C)OC(C)C)cc1. The molecule has 0 amide bonds. The van der Waals surface area contributed by atoms with Crippen LogP contribution in [-0.4, -0.2) is 12.4 Å². The summed E-state index contributed by atoms with van der Waals surface area (Å²) in [5.74, 6) is 0.773. The maximum Gasteiger partial charge on any atom is 0.197 e.